The van der Waals surface area contributed by atoms with E-state index in [2.05, 4.69) is 36.5 Å². The van der Waals surface area contributed by atoms with Crippen LogP contribution in [0.4, 0.5) is 36.6 Å². The van der Waals surface area contributed by atoms with Gasteiger partial charge in [0.2, 0.25) is 0 Å². The molecule has 5 heterocycles. The zero-order chi connectivity index (χ0) is 69.4. The van der Waals surface area contributed by atoms with Crippen molar-refractivity contribution in [1.82, 2.24) is 4.98 Å². The molecule has 25 heteroatoms. The van der Waals surface area contributed by atoms with Crippen LogP contribution in [0.25, 0.3) is 0 Å². The van der Waals surface area contributed by atoms with Gasteiger partial charge in [-0.25, -0.2) is 4.98 Å². The van der Waals surface area contributed by atoms with Gasteiger partial charge in [-0.1, -0.05) is 114 Å². The Bertz CT molecular complexity index is 2960. The van der Waals surface area contributed by atoms with Gasteiger partial charge in [0.1, 0.15) is 92.9 Å². The summed E-state index contributed by atoms with van der Waals surface area (Å²) in [4.78, 5) is 14.3. The molecular weight excluding hydrogens is 1300 g/mol. The van der Waals surface area contributed by atoms with Gasteiger partial charge in [-0.05, 0) is 91.3 Å². The number of hydrogen-bond acceptors (Lipinski definition) is 17. The molecule has 0 spiro atoms. The second-order valence-electron chi connectivity index (χ2n) is 22.6. The predicted molar refractivity (Wildman–Crippen MR) is 369 cm³/mol. The van der Waals surface area contributed by atoms with Gasteiger partial charge in [-0.3, -0.25) is 9.98 Å². The van der Waals surface area contributed by atoms with Gasteiger partial charge in [0.15, 0.2) is 11.5 Å². The zero-order valence-corrected chi connectivity index (χ0v) is 57.3. The minimum Gasteiger partial charge on any atom is -0.491 e. The first kappa shape index (κ1) is 79.9. The molecule has 0 radical (unpaired) electrons. The number of pyridine rings is 1. The molecule has 6 aromatic rings. The van der Waals surface area contributed by atoms with Gasteiger partial charge in [0.25, 0.3) is 0 Å². The Kier molecular flexibility index (Phi) is 37.7. The van der Waals surface area contributed by atoms with Gasteiger partial charge >= 0.3 is 33.0 Å². The third kappa shape index (κ3) is 40.1. The quantitative estimate of drug-likeness (QED) is 0.0617. The van der Waals surface area contributed by atoms with Crippen LogP contribution in [-0.2, 0) is 46.2 Å². The molecule has 98 heavy (non-hydrogen) atoms. The molecule has 0 atom stereocenters. The van der Waals surface area contributed by atoms with E-state index in [4.69, 9.17) is 81.3 Å². The van der Waals surface area contributed by atoms with Gasteiger partial charge < -0.3 is 71.6 Å². The Hall–Kier alpha value is -7.12. The second-order valence-corrected chi connectivity index (χ2v) is 24.5. The number of halogens is 6. The number of hydrogen-bond donors (Lipinski definition) is 1. The minimum absolute atomic E-state index is 0.401. The van der Waals surface area contributed by atoms with Crippen LogP contribution in [0.3, 0.4) is 0 Å². The molecule has 5 aromatic carbocycles. The summed E-state index contributed by atoms with van der Waals surface area (Å²) in [6.07, 6.45) is 19.2. The van der Waals surface area contributed by atoms with E-state index in [1.807, 2.05) is 109 Å². The summed E-state index contributed by atoms with van der Waals surface area (Å²) >= 11 is 0. The summed E-state index contributed by atoms with van der Waals surface area (Å²) in [5.41, 5.74) is 5.23. The second kappa shape index (κ2) is 46.3. The van der Waals surface area contributed by atoms with Gasteiger partial charge in [0.05, 0.1) is 123 Å². The average molecular weight is 1400 g/mol. The molecule has 1 aromatic heterocycles. The summed E-state index contributed by atoms with van der Waals surface area (Å²) in [6, 6.07) is 43.2. The molecule has 0 saturated carbocycles. The van der Waals surface area contributed by atoms with Crippen LogP contribution in [0.2, 0.25) is 0 Å². The van der Waals surface area contributed by atoms with Crippen molar-refractivity contribution in [2.75, 3.05) is 139 Å². The number of benzene rings is 5. The van der Waals surface area contributed by atoms with Crippen LogP contribution < -0.4 is 38.5 Å². The molecule has 18 nitrogen and oxygen atoms in total. The van der Waals surface area contributed by atoms with Crippen molar-refractivity contribution in [3.8, 4) is 40.2 Å². The Morgan fingerprint density at radius 2 is 0.653 bits per heavy atom. The number of aromatic nitrogens is 1. The van der Waals surface area contributed by atoms with Crippen LogP contribution in [0.15, 0.2) is 143 Å². The maximum atomic E-state index is 9.87. The number of unbranched alkanes of at least 4 members (excludes halogenated alkanes) is 11. The number of nitrogens with zero attached hydrogens (tertiary/aromatic N) is 3. The molecule has 0 saturated heterocycles. The molecule has 0 unspecified atom stereocenters. The number of nitrogens with two attached hydrogens (primary N) is 1. The molecule has 6 bridgehead atoms. The minimum atomic E-state index is -10.7. The smallest absolute Gasteiger partial charge is 0.161 e. The molecule has 0 fully saturated rings. The Morgan fingerprint density at radius 3 is 1.01 bits per heavy atom. The summed E-state index contributed by atoms with van der Waals surface area (Å²) in [5, 5.41) is 2.28. The molecule has 542 valence electrons. The van der Waals surface area contributed by atoms with Crippen LogP contribution in [0.5, 0.6) is 40.2 Å². The van der Waals surface area contributed by atoms with Crippen LogP contribution in [0, 0.1) is 0 Å². The van der Waals surface area contributed by atoms with E-state index in [1.54, 1.807) is 12.4 Å². The van der Waals surface area contributed by atoms with Crippen molar-refractivity contribution in [3.05, 3.63) is 156 Å². The van der Waals surface area contributed by atoms with E-state index in [1.165, 1.54) is 81.8 Å². The molecule has 4 aliphatic rings. The fraction of sp³-hybridized carbons (Fsp3) is 0.493. The first-order valence-corrected chi connectivity index (χ1v) is 36.0. The van der Waals surface area contributed by atoms with Crippen LogP contribution in [0.1, 0.15) is 106 Å². The Balaban J connectivity index is 0.000000286. The number of fused-ring (bicyclic) bond motifs is 6. The first-order chi connectivity index (χ1) is 47.6. The average Bonchev–Trinajstić information content (AvgIpc) is 0.792. The van der Waals surface area contributed by atoms with Crippen LogP contribution >= 0.6 is 7.81 Å². The molecule has 2 N–H and O–H groups in total. The van der Waals surface area contributed by atoms with Gasteiger partial charge in [0, 0.05) is 23.3 Å². The van der Waals surface area contributed by atoms with Crippen molar-refractivity contribution in [2.45, 2.75) is 97.1 Å². The number of rotatable bonds is 14. The summed E-state index contributed by atoms with van der Waals surface area (Å²) in [6.45, 7) is 14.1. The third-order valence-corrected chi connectivity index (χ3v) is 14.4. The molecule has 0 amide bonds. The fourth-order valence-electron chi connectivity index (χ4n) is 9.54. The third-order valence-electron chi connectivity index (χ3n) is 14.4. The number of para-hydroxylation sites is 6. The monoisotopic (exact) mass is 1400 g/mol. The standard InChI is InChI=1S/C41H57N3O6.C32H41NO8.F6P/c1-2-3-4-5-6-7-8-9-10-11-12-17-22-48-37-31-35-33-42-38-18-13-15-20-40(38)49-29-27-46-25-23-45-24-26-47-28-30-50-41-21-16-14-19-39(41)43-34-36(32-37)44-35;1-2-4-32-31(3-1)40-23-19-36-15-13-34-17-21-38-29-9-5-27(6-10-29)25-33-26-28-7-11-30(12-8-28)39-22-18-35-14-16-37-20-24-41-32;1-7(2,3,4,5)6/h13-16,18-21,31-34H,2-12,17,22-30H2,1H3;1-12,33H,13-26H2;/q;;-1/p+1. The predicted octanol–water partition coefficient (Wildman–Crippen LogP) is 16.1. The number of aliphatic imine (C=N–C) groups is 2. The number of quaternary nitrogens is 1. The molecule has 0 aliphatic carbocycles. The van der Waals surface area contributed by atoms with E-state index in [-0.39, 0.29) is 0 Å². The van der Waals surface area contributed by atoms with E-state index in [0.717, 1.165) is 36.8 Å². The summed E-state index contributed by atoms with van der Waals surface area (Å²) < 4.78 is 140. The summed E-state index contributed by atoms with van der Waals surface area (Å²) in [5.74, 6) is 5.11. The van der Waals surface area contributed by atoms with Crippen molar-refractivity contribution in [2.24, 2.45) is 9.98 Å². The molecular formula is C73H99F6N4O14P. The number of ether oxygens (including phenoxy) is 14. The maximum absolute atomic E-state index is 10.7. The molecule has 10 rings (SSSR count). The first-order valence-electron chi connectivity index (χ1n) is 34.0. The van der Waals surface area contributed by atoms with E-state index in [9.17, 15) is 25.2 Å². The van der Waals surface area contributed by atoms with Crippen LogP contribution in [-0.4, -0.2) is 156 Å². The Morgan fingerprint density at radius 1 is 0.357 bits per heavy atom. The SMILES string of the molecule is CCCCCCCCCCCCCCOc1cc2nc(c1)C=Nc1ccccc1OCCOCCOCCOCCOc1ccccc1N=C2.F[P-](F)(F)(F)(F)F.c1ccc2c(c1)OCCOCCOCCOc1ccc(cc1)C[NH2+]Cc1ccc(cc1)OCCOCCOCCO2. The van der Waals surface area contributed by atoms with Crippen molar-refractivity contribution >= 4 is 31.6 Å². The maximum Gasteiger partial charge on any atom is 0.161 e. The topological polar surface area (TPSA) is 183 Å². The van der Waals surface area contributed by atoms with Gasteiger partial charge in [-0.15, -0.1) is 0 Å². The van der Waals surface area contributed by atoms with Gasteiger partial charge in [-0.2, -0.15) is 0 Å². The van der Waals surface area contributed by atoms with Crippen molar-refractivity contribution in [1.29, 1.82) is 0 Å². The van der Waals surface area contributed by atoms with Crippen molar-refractivity contribution < 1.29 is 96.8 Å². The zero-order valence-electron chi connectivity index (χ0n) is 56.5. The largest absolute Gasteiger partial charge is 0.491 e. The molecule has 4 aliphatic heterocycles. The van der Waals surface area contributed by atoms with Crippen molar-refractivity contribution in [3.63, 3.8) is 0 Å². The Labute approximate surface area is 573 Å². The van der Waals surface area contributed by atoms with E-state index < -0.39 is 7.81 Å². The van der Waals surface area contributed by atoms with E-state index in [0.29, 0.717) is 185 Å². The summed E-state index contributed by atoms with van der Waals surface area (Å²) in [7, 11) is -10.7. The normalized spacial score (nSPS) is 16.6. The van der Waals surface area contributed by atoms with E-state index >= 15 is 0 Å². The fourth-order valence-corrected chi connectivity index (χ4v) is 9.54.